The molecule has 0 saturated carbocycles. The molecule has 0 aliphatic carbocycles. The molecule has 0 atom stereocenters. The standard InChI is InChI=1S/C14H28N2O2S/c1-12(2)5-9-18-10-8-16-14(17)11-19-13-3-6-15-7-4-13/h12-13,15H,3-11H2,1-2H3,(H,16,17). The summed E-state index contributed by atoms with van der Waals surface area (Å²) in [5, 5.41) is 6.89. The Bertz CT molecular complexity index is 244. The third kappa shape index (κ3) is 9.30. The average Bonchev–Trinajstić information content (AvgIpc) is 2.41. The summed E-state index contributed by atoms with van der Waals surface area (Å²) in [4.78, 5) is 11.6. The molecule has 1 aliphatic rings. The van der Waals surface area contributed by atoms with E-state index in [0.717, 1.165) is 26.1 Å². The molecule has 4 nitrogen and oxygen atoms in total. The van der Waals surface area contributed by atoms with Gasteiger partial charge in [-0.3, -0.25) is 4.79 Å². The Hall–Kier alpha value is -0.260. The van der Waals surface area contributed by atoms with Crippen LogP contribution in [0.25, 0.3) is 0 Å². The Kier molecular flexibility index (Phi) is 9.30. The van der Waals surface area contributed by atoms with Gasteiger partial charge >= 0.3 is 0 Å². The summed E-state index contributed by atoms with van der Waals surface area (Å²) in [7, 11) is 0. The van der Waals surface area contributed by atoms with Gasteiger partial charge in [0.1, 0.15) is 0 Å². The third-order valence-corrected chi connectivity index (χ3v) is 4.52. The van der Waals surface area contributed by atoms with E-state index >= 15 is 0 Å². The molecule has 0 aromatic heterocycles. The number of amides is 1. The highest BCUT2D eigenvalue weighted by Crippen LogP contribution is 2.19. The molecule has 1 heterocycles. The van der Waals surface area contributed by atoms with Crippen LogP contribution in [-0.2, 0) is 9.53 Å². The number of ether oxygens (including phenoxy) is 1. The Morgan fingerprint density at radius 1 is 1.37 bits per heavy atom. The van der Waals surface area contributed by atoms with Gasteiger partial charge in [0.15, 0.2) is 0 Å². The van der Waals surface area contributed by atoms with Crippen LogP contribution < -0.4 is 10.6 Å². The molecule has 1 amide bonds. The lowest BCUT2D eigenvalue weighted by Crippen LogP contribution is -2.32. The molecule has 0 unspecified atom stereocenters. The minimum absolute atomic E-state index is 0.135. The quantitative estimate of drug-likeness (QED) is 0.634. The number of thioether (sulfide) groups is 1. The molecule has 0 bridgehead atoms. The Morgan fingerprint density at radius 3 is 2.79 bits per heavy atom. The third-order valence-electron chi connectivity index (χ3n) is 3.14. The number of hydrogen-bond acceptors (Lipinski definition) is 4. The molecule has 1 saturated heterocycles. The van der Waals surface area contributed by atoms with Gasteiger partial charge in [0.2, 0.25) is 5.91 Å². The molecule has 2 N–H and O–H groups in total. The van der Waals surface area contributed by atoms with Crippen molar-refractivity contribution in [2.24, 2.45) is 5.92 Å². The minimum Gasteiger partial charge on any atom is -0.380 e. The zero-order chi connectivity index (χ0) is 13.9. The van der Waals surface area contributed by atoms with E-state index in [1.54, 1.807) is 11.8 Å². The van der Waals surface area contributed by atoms with E-state index in [-0.39, 0.29) is 5.91 Å². The summed E-state index contributed by atoms with van der Waals surface area (Å²) >= 11 is 1.78. The van der Waals surface area contributed by atoms with Gasteiger partial charge in [0, 0.05) is 18.4 Å². The Morgan fingerprint density at radius 2 is 2.11 bits per heavy atom. The van der Waals surface area contributed by atoms with Crippen LogP contribution in [0.1, 0.15) is 33.1 Å². The molecule has 1 rings (SSSR count). The largest absolute Gasteiger partial charge is 0.380 e. The van der Waals surface area contributed by atoms with Gasteiger partial charge in [0.25, 0.3) is 0 Å². The molecule has 5 heteroatoms. The lowest BCUT2D eigenvalue weighted by atomic mass is 10.1. The van der Waals surface area contributed by atoms with Crippen LogP contribution >= 0.6 is 11.8 Å². The molecule has 112 valence electrons. The van der Waals surface area contributed by atoms with Crippen molar-refractivity contribution >= 4 is 17.7 Å². The zero-order valence-electron chi connectivity index (χ0n) is 12.2. The van der Waals surface area contributed by atoms with E-state index in [1.807, 2.05) is 0 Å². The number of carbonyl (C=O) groups excluding carboxylic acids is 1. The second-order valence-corrected chi connectivity index (χ2v) is 6.69. The van der Waals surface area contributed by atoms with Crippen LogP contribution in [0.4, 0.5) is 0 Å². The van der Waals surface area contributed by atoms with Crippen molar-refractivity contribution in [3.63, 3.8) is 0 Å². The van der Waals surface area contributed by atoms with Gasteiger partial charge in [-0.05, 0) is 38.3 Å². The van der Waals surface area contributed by atoms with E-state index in [0.29, 0.717) is 30.1 Å². The van der Waals surface area contributed by atoms with Crippen LogP contribution in [0.5, 0.6) is 0 Å². The molecule has 0 spiro atoms. The van der Waals surface area contributed by atoms with Crippen LogP contribution in [0.15, 0.2) is 0 Å². The lowest BCUT2D eigenvalue weighted by molar-refractivity contribution is -0.118. The smallest absolute Gasteiger partial charge is 0.230 e. The van der Waals surface area contributed by atoms with Crippen LogP contribution in [-0.4, -0.2) is 49.8 Å². The maximum atomic E-state index is 11.6. The van der Waals surface area contributed by atoms with Crippen molar-refractivity contribution in [3.8, 4) is 0 Å². The first-order valence-corrected chi connectivity index (χ1v) is 8.40. The lowest BCUT2D eigenvalue weighted by Gasteiger charge is -2.21. The van der Waals surface area contributed by atoms with E-state index in [2.05, 4.69) is 24.5 Å². The molecule has 0 aromatic carbocycles. The van der Waals surface area contributed by atoms with E-state index < -0.39 is 0 Å². The van der Waals surface area contributed by atoms with Crippen molar-refractivity contribution in [3.05, 3.63) is 0 Å². The molecule has 0 radical (unpaired) electrons. The summed E-state index contributed by atoms with van der Waals surface area (Å²) in [5.74, 6) is 1.39. The van der Waals surface area contributed by atoms with Gasteiger partial charge in [-0.25, -0.2) is 0 Å². The highest BCUT2D eigenvalue weighted by Gasteiger charge is 2.14. The summed E-state index contributed by atoms with van der Waals surface area (Å²) in [6, 6.07) is 0. The molecule has 1 fully saturated rings. The predicted octanol–water partition coefficient (Wildman–Crippen LogP) is 1.65. The number of rotatable bonds is 9. The Labute approximate surface area is 121 Å². The van der Waals surface area contributed by atoms with E-state index in [4.69, 9.17) is 4.74 Å². The van der Waals surface area contributed by atoms with E-state index in [1.165, 1.54) is 12.8 Å². The van der Waals surface area contributed by atoms with Crippen LogP contribution in [0.2, 0.25) is 0 Å². The highest BCUT2D eigenvalue weighted by atomic mass is 32.2. The number of carbonyl (C=O) groups is 1. The van der Waals surface area contributed by atoms with Gasteiger partial charge in [-0.1, -0.05) is 13.8 Å². The molecular weight excluding hydrogens is 260 g/mol. The van der Waals surface area contributed by atoms with Crippen molar-refractivity contribution in [1.82, 2.24) is 10.6 Å². The SMILES string of the molecule is CC(C)CCOCCNC(=O)CSC1CCNCC1. The fourth-order valence-electron chi connectivity index (χ4n) is 1.89. The second-order valence-electron chi connectivity index (χ2n) is 5.41. The van der Waals surface area contributed by atoms with Gasteiger partial charge in [0.05, 0.1) is 12.4 Å². The highest BCUT2D eigenvalue weighted by molar-refractivity contribution is 8.00. The van der Waals surface area contributed by atoms with Gasteiger partial charge in [-0.2, -0.15) is 0 Å². The van der Waals surface area contributed by atoms with Crippen LogP contribution in [0.3, 0.4) is 0 Å². The van der Waals surface area contributed by atoms with Crippen LogP contribution in [0, 0.1) is 5.92 Å². The van der Waals surface area contributed by atoms with E-state index in [9.17, 15) is 4.79 Å². The first-order valence-electron chi connectivity index (χ1n) is 7.35. The van der Waals surface area contributed by atoms with Crippen molar-refractivity contribution in [2.45, 2.75) is 38.4 Å². The Balaban J connectivity index is 1.90. The van der Waals surface area contributed by atoms with Crippen molar-refractivity contribution < 1.29 is 9.53 Å². The van der Waals surface area contributed by atoms with Crippen molar-refractivity contribution in [1.29, 1.82) is 0 Å². The predicted molar refractivity (Wildman–Crippen MR) is 81.6 cm³/mol. The second kappa shape index (κ2) is 10.5. The normalized spacial score (nSPS) is 16.8. The summed E-state index contributed by atoms with van der Waals surface area (Å²) in [6.07, 6.45) is 3.44. The fraction of sp³-hybridized carbons (Fsp3) is 0.929. The minimum atomic E-state index is 0.135. The first-order chi connectivity index (χ1) is 9.18. The number of hydrogen-bond donors (Lipinski definition) is 2. The molecule has 0 aromatic rings. The first kappa shape index (κ1) is 16.8. The van der Waals surface area contributed by atoms with Gasteiger partial charge < -0.3 is 15.4 Å². The average molecular weight is 288 g/mol. The summed E-state index contributed by atoms with van der Waals surface area (Å²) in [6.45, 7) is 8.58. The topological polar surface area (TPSA) is 50.4 Å². The molecule has 1 aliphatic heterocycles. The monoisotopic (exact) mass is 288 g/mol. The number of nitrogens with one attached hydrogen (secondary N) is 2. The fourth-order valence-corrected chi connectivity index (χ4v) is 2.95. The molecular formula is C14H28N2O2S. The van der Waals surface area contributed by atoms with Gasteiger partial charge in [-0.15, -0.1) is 11.8 Å². The maximum absolute atomic E-state index is 11.6. The zero-order valence-corrected chi connectivity index (χ0v) is 13.1. The maximum Gasteiger partial charge on any atom is 0.230 e. The summed E-state index contributed by atoms with van der Waals surface area (Å²) in [5.41, 5.74) is 0. The summed E-state index contributed by atoms with van der Waals surface area (Å²) < 4.78 is 5.46. The van der Waals surface area contributed by atoms with Crippen molar-refractivity contribution in [2.75, 3.05) is 38.6 Å². The number of piperidine rings is 1. The molecule has 19 heavy (non-hydrogen) atoms.